The van der Waals surface area contributed by atoms with Crippen LogP contribution < -0.4 is 10.6 Å². The predicted molar refractivity (Wildman–Crippen MR) is 85.7 cm³/mol. The largest absolute Gasteiger partial charge is 0.465 e. The summed E-state index contributed by atoms with van der Waals surface area (Å²) < 4.78 is 4.87. The van der Waals surface area contributed by atoms with Crippen LogP contribution in [0.1, 0.15) is 30.1 Å². The van der Waals surface area contributed by atoms with E-state index in [1.54, 1.807) is 6.07 Å². The third kappa shape index (κ3) is 3.47. The number of nitrogens with zero attached hydrogens (tertiary/aromatic N) is 2. The van der Waals surface area contributed by atoms with Crippen LogP contribution in [0.2, 0.25) is 0 Å². The van der Waals surface area contributed by atoms with Crippen LogP contribution in [0, 0.1) is 0 Å². The summed E-state index contributed by atoms with van der Waals surface area (Å²) in [7, 11) is 3.44. The molecule has 0 atom stereocenters. The lowest BCUT2D eigenvalue weighted by Gasteiger charge is -2.38. The van der Waals surface area contributed by atoms with Crippen molar-refractivity contribution in [3.63, 3.8) is 0 Å². The molecule has 1 heterocycles. The molecular weight excluding hydrogens is 266 g/mol. The van der Waals surface area contributed by atoms with Crippen molar-refractivity contribution < 1.29 is 9.53 Å². The Balaban J connectivity index is 2.19. The Morgan fingerprint density at radius 3 is 2.67 bits per heavy atom. The number of piperidine rings is 1. The van der Waals surface area contributed by atoms with E-state index in [0.29, 0.717) is 17.3 Å². The number of benzene rings is 1. The summed E-state index contributed by atoms with van der Waals surface area (Å²) in [6.07, 6.45) is 2.21. The van der Waals surface area contributed by atoms with Gasteiger partial charge in [-0.1, -0.05) is 6.92 Å². The van der Waals surface area contributed by atoms with E-state index in [4.69, 9.17) is 10.5 Å². The monoisotopic (exact) mass is 291 g/mol. The number of methoxy groups -OCH3 is 1. The van der Waals surface area contributed by atoms with E-state index in [0.717, 1.165) is 38.2 Å². The van der Waals surface area contributed by atoms with E-state index in [2.05, 4.69) is 16.7 Å². The minimum absolute atomic E-state index is 0.338. The van der Waals surface area contributed by atoms with Crippen LogP contribution in [-0.4, -0.2) is 50.7 Å². The van der Waals surface area contributed by atoms with Crippen molar-refractivity contribution in [1.29, 1.82) is 0 Å². The lowest BCUT2D eigenvalue weighted by Crippen LogP contribution is -2.43. The van der Waals surface area contributed by atoms with Crippen LogP contribution in [0.15, 0.2) is 18.2 Å². The number of rotatable bonds is 4. The smallest absolute Gasteiger partial charge is 0.340 e. The first-order chi connectivity index (χ1) is 10.1. The summed E-state index contributed by atoms with van der Waals surface area (Å²) in [5.41, 5.74) is 7.81. The van der Waals surface area contributed by atoms with E-state index in [-0.39, 0.29) is 5.97 Å². The fourth-order valence-electron chi connectivity index (χ4n) is 2.95. The zero-order valence-corrected chi connectivity index (χ0v) is 13.1. The molecule has 0 spiro atoms. The van der Waals surface area contributed by atoms with Crippen LogP contribution in [0.4, 0.5) is 11.4 Å². The number of ether oxygens (including phenoxy) is 1. The molecule has 2 rings (SSSR count). The number of anilines is 2. The predicted octanol–water partition coefficient (Wildman–Crippen LogP) is 1.98. The molecule has 1 aromatic carbocycles. The highest BCUT2D eigenvalue weighted by Gasteiger charge is 2.24. The van der Waals surface area contributed by atoms with Gasteiger partial charge in [0.05, 0.1) is 18.4 Å². The molecule has 2 N–H and O–H groups in total. The number of nitrogens with two attached hydrogens (primary N) is 1. The zero-order chi connectivity index (χ0) is 15.4. The van der Waals surface area contributed by atoms with Gasteiger partial charge in [0.1, 0.15) is 0 Å². The van der Waals surface area contributed by atoms with E-state index < -0.39 is 0 Å². The van der Waals surface area contributed by atoms with Gasteiger partial charge in [-0.2, -0.15) is 0 Å². The lowest BCUT2D eigenvalue weighted by atomic mass is 10.0. The van der Waals surface area contributed by atoms with Crippen molar-refractivity contribution >= 4 is 17.3 Å². The van der Waals surface area contributed by atoms with Crippen molar-refractivity contribution in [2.24, 2.45) is 0 Å². The van der Waals surface area contributed by atoms with Crippen LogP contribution >= 0.6 is 0 Å². The van der Waals surface area contributed by atoms with E-state index in [9.17, 15) is 4.79 Å². The summed E-state index contributed by atoms with van der Waals surface area (Å²) in [5, 5.41) is 0. The second-order valence-electron chi connectivity index (χ2n) is 5.54. The van der Waals surface area contributed by atoms with Crippen molar-refractivity contribution in [2.75, 3.05) is 44.4 Å². The van der Waals surface area contributed by atoms with E-state index in [1.807, 2.05) is 19.2 Å². The first-order valence-corrected chi connectivity index (χ1v) is 7.49. The molecule has 0 bridgehead atoms. The summed E-state index contributed by atoms with van der Waals surface area (Å²) in [4.78, 5) is 16.6. The summed E-state index contributed by atoms with van der Waals surface area (Å²) in [6.45, 7) is 5.51. The molecule has 5 heteroatoms. The molecule has 0 aromatic heterocycles. The minimum Gasteiger partial charge on any atom is -0.465 e. The maximum atomic E-state index is 12.0. The Bertz CT molecular complexity index is 496. The standard InChI is InChI=1S/C16H25N3O2/c1-4-19-9-7-13(8-10-19)18(2)15-6-5-12(17)11-14(15)16(20)21-3/h5-6,11,13H,4,7-10,17H2,1-3H3. The van der Waals surface area contributed by atoms with Crippen LogP contribution in [0.3, 0.4) is 0 Å². The molecule has 116 valence electrons. The topological polar surface area (TPSA) is 58.8 Å². The molecule has 0 radical (unpaired) electrons. The number of carbonyl (C=O) groups is 1. The highest BCUT2D eigenvalue weighted by molar-refractivity contribution is 5.97. The number of esters is 1. The molecule has 0 unspecified atom stereocenters. The van der Waals surface area contributed by atoms with Gasteiger partial charge in [0.25, 0.3) is 0 Å². The van der Waals surface area contributed by atoms with Gasteiger partial charge in [-0.05, 0) is 37.6 Å². The molecule has 5 nitrogen and oxygen atoms in total. The van der Waals surface area contributed by atoms with Gasteiger partial charge in [0, 0.05) is 31.9 Å². The highest BCUT2D eigenvalue weighted by Crippen LogP contribution is 2.27. The number of nitrogen functional groups attached to an aromatic ring is 1. The van der Waals surface area contributed by atoms with Gasteiger partial charge < -0.3 is 20.3 Å². The normalized spacial score (nSPS) is 16.7. The van der Waals surface area contributed by atoms with Crippen molar-refractivity contribution in [2.45, 2.75) is 25.8 Å². The SMILES string of the molecule is CCN1CCC(N(C)c2ccc(N)cc2C(=O)OC)CC1. The molecule has 1 aliphatic rings. The number of hydrogen-bond acceptors (Lipinski definition) is 5. The molecule has 0 amide bonds. The van der Waals surface area contributed by atoms with E-state index >= 15 is 0 Å². The minimum atomic E-state index is -0.338. The fourth-order valence-corrected chi connectivity index (χ4v) is 2.95. The van der Waals surface area contributed by atoms with E-state index in [1.165, 1.54) is 7.11 Å². The lowest BCUT2D eigenvalue weighted by molar-refractivity contribution is 0.0601. The molecule has 21 heavy (non-hydrogen) atoms. The molecule has 1 saturated heterocycles. The molecule has 0 aliphatic carbocycles. The summed E-state index contributed by atoms with van der Waals surface area (Å²) in [6, 6.07) is 5.88. The van der Waals surface area contributed by atoms with Crippen molar-refractivity contribution in [1.82, 2.24) is 4.90 Å². The quantitative estimate of drug-likeness (QED) is 0.679. The summed E-state index contributed by atoms with van der Waals surface area (Å²) in [5.74, 6) is -0.338. The van der Waals surface area contributed by atoms with Crippen molar-refractivity contribution in [3.05, 3.63) is 23.8 Å². The fraction of sp³-hybridized carbons (Fsp3) is 0.562. The first-order valence-electron chi connectivity index (χ1n) is 7.49. The Hall–Kier alpha value is -1.75. The molecule has 0 saturated carbocycles. The van der Waals surface area contributed by atoms with Gasteiger partial charge in [0.2, 0.25) is 0 Å². The third-order valence-corrected chi connectivity index (χ3v) is 4.36. The number of hydrogen-bond donors (Lipinski definition) is 1. The van der Waals surface area contributed by atoms with Gasteiger partial charge in [0.15, 0.2) is 0 Å². The average molecular weight is 291 g/mol. The molecule has 1 aliphatic heterocycles. The molecule has 1 fully saturated rings. The molecular formula is C16H25N3O2. The second-order valence-corrected chi connectivity index (χ2v) is 5.54. The Kier molecular flexibility index (Phi) is 5.07. The third-order valence-electron chi connectivity index (χ3n) is 4.36. The second kappa shape index (κ2) is 6.80. The maximum Gasteiger partial charge on any atom is 0.340 e. The van der Waals surface area contributed by atoms with Crippen LogP contribution in [0.25, 0.3) is 0 Å². The first kappa shape index (κ1) is 15.6. The van der Waals surface area contributed by atoms with Crippen molar-refractivity contribution in [3.8, 4) is 0 Å². The zero-order valence-electron chi connectivity index (χ0n) is 13.1. The van der Waals surface area contributed by atoms with Gasteiger partial charge in [-0.15, -0.1) is 0 Å². The van der Waals surface area contributed by atoms with Gasteiger partial charge in [-0.3, -0.25) is 0 Å². The van der Waals surface area contributed by atoms with Crippen LogP contribution in [-0.2, 0) is 4.74 Å². The number of likely N-dealkylation sites (tertiary alicyclic amines) is 1. The summed E-state index contributed by atoms with van der Waals surface area (Å²) >= 11 is 0. The van der Waals surface area contributed by atoms with Crippen LogP contribution in [0.5, 0.6) is 0 Å². The Morgan fingerprint density at radius 1 is 1.43 bits per heavy atom. The van der Waals surface area contributed by atoms with Gasteiger partial charge >= 0.3 is 5.97 Å². The Labute approximate surface area is 126 Å². The Morgan fingerprint density at radius 2 is 2.10 bits per heavy atom. The number of carbonyl (C=O) groups excluding carboxylic acids is 1. The highest BCUT2D eigenvalue weighted by atomic mass is 16.5. The average Bonchev–Trinajstić information content (AvgIpc) is 2.53. The maximum absolute atomic E-state index is 12.0. The molecule has 1 aromatic rings. The van der Waals surface area contributed by atoms with Gasteiger partial charge in [-0.25, -0.2) is 4.79 Å².